The first-order valence-corrected chi connectivity index (χ1v) is 8.84. The molecule has 2 aromatic rings. The Bertz CT molecular complexity index is 791. The Hall–Kier alpha value is -3.01. The molecule has 2 rings (SSSR count). The molecule has 0 spiro atoms. The minimum absolute atomic E-state index is 0.0289. The second-order valence-corrected chi connectivity index (χ2v) is 6.21. The zero-order valence-corrected chi connectivity index (χ0v) is 16.1. The molecule has 0 saturated heterocycles. The average molecular weight is 366 g/mol. The van der Waals surface area contributed by atoms with Crippen LogP contribution in [0.25, 0.3) is 0 Å². The molecule has 0 heterocycles. The first-order chi connectivity index (χ1) is 13.1. The molecule has 2 aromatic carbocycles. The Morgan fingerprint density at radius 2 is 1.78 bits per heavy atom. The fraction of sp³-hybridized carbons (Fsp3) is 0.261. The second-order valence-electron chi connectivity index (χ2n) is 6.21. The van der Waals surface area contributed by atoms with E-state index in [0.717, 1.165) is 29.2 Å². The lowest BCUT2D eigenvalue weighted by atomic mass is 9.98. The van der Waals surface area contributed by atoms with E-state index in [1.807, 2.05) is 24.3 Å². The number of benzene rings is 2. The lowest BCUT2D eigenvalue weighted by molar-refractivity contribution is 0.104. The number of allylic oxidation sites excluding steroid dienone is 2. The van der Waals surface area contributed by atoms with Gasteiger partial charge in [0.2, 0.25) is 0 Å². The van der Waals surface area contributed by atoms with Crippen molar-refractivity contribution in [1.82, 2.24) is 0 Å². The van der Waals surface area contributed by atoms with E-state index in [2.05, 4.69) is 13.5 Å². The third kappa shape index (κ3) is 6.03. The fourth-order valence-electron chi connectivity index (χ4n) is 2.65. The molecule has 0 aliphatic carbocycles. The van der Waals surface area contributed by atoms with Crippen LogP contribution >= 0.6 is 0 Å². The molecule has 27 heavy (non-hydrogen) atoms. The van der Waals surface area contributed by atoms with Gasteiger partial charge in [0.25, 0.3) is 0 Å². The largest absolute Gasteiger partial charge is 0.497 e. The fourth-order valence-corrected chi connectivity index (χ4v) is 2.65. The van der Waals surface area contributed by atoms with Crippen LogP contribution in [0.3, 0.4) is 0 Å². The Morgan fingerprint density at radius 3 is 2.41 bits per heavy atom. The molecule has 0 amide bonds. The molecule has 0 aliphatic heterocycles. The van der Waals surface area contributed by atoms with Gasteiger partial charge in [-0.15, -0.1) is 0 Å². The number of ether oxygens (including phenoxy) is 3. The number of methoxy groups -OCH3 is 2. The van der Waals surface area contributed by atoms with Crippen LogP contribution in [0.1, 0.15) is 22.8 Å². The Kier molecular flexibility index (Phi) is 7.68. The molecule has 0 fully saturated rings. The Morgan fingerprint density at radius 1 is 1.07 bits per heavy atom. The molecular weight excluding hydrogens is 340 g/mol. The third-order valence-electron chi connectivity index (χ3n) is 4.12. The molecule has 0 aromatic heterocycles. The lowest BCUT2D eigenvalue weighted by Gasteiger charge is -2.12. The van der Waals surface area contributed by atoms with Crippen LogP contribution in [-0.2, 0) is 6.42 Å². The molecule has 1 unspecified atom stereocenters. The highest BCUT2D eigenvalue weighted by Gasteiger charge is 2.09. The summed E-state index contributed by atoms with van der Waals surface area (Å²) in [5.74, 6) is 2.42. The summed E-state index contributed by atoms with van der Waals surface area (Å²) in [6.45, 7) is 6.12. The summed E-state index contributed by atoms with van der Waals surface area (Å²) in [6.07, 6.45) is 6.00. The van der Waals surface area contributed by atoms with Crippen molar-refractivity contribution in [2.75, 3.05) is 20.8 Å². The summed E-state index contributed by atoms with van der Waals surface area (Å²) in [6, 6.07) is 12.9. The van der Waals surface area contributed by atoms with E-state index in [1.165, 1.54) is 0 Å². The standard InChI is InChI=1S/C23H26O4/c1-5-14-27-20-10-7-18(8-11-20)22(24)13-6-17(2)15-19-9-12-21(25-3)16-23(19)26-4/h5-13,16-17H,1,14-15H2,2-4H3. The Balaban J connectivity index is 1.98. The van der Waals surface area contributed by atoms with E-state index in [0.29, 0.717) is 12.2 Å². The van der Waals surface area contributed by atoms with Crippen LogP contribution in [0.2, 0.25) is 0 Å². The van der Waals surface area contributed by atoms with E-state index in [-0.39, 0.29) is 11.7 Å². The van der Waals surface area contributed by atoms with E-state index < -0.39 is 0 Å². The van der Waals surface area contributed by atoms with Gasteiger partial charge in [-0.25, -0.2) is 0 Å². The summed E-state index contributed by atoms with van der Waals surface area (Å²) in [4.78, 5) is 12.3. The van der Waals surface area contributed by atoms with Crippen molar-refractivity contribution >= 4 is 5.78 Å². The highest BCUT2D eigenvalue weighted by Crippen LogP contribution is 2.27. The number of hydrogen-bond donors (Lipinski definition) is 0. The lowest BCUT2D eigenvalue weighted by Crippen LogP contribution is -2.01. The summed E-state index contributed by atoms with van der Waals surface area (Å²) in [5, 5.41) is 0. The van der Waals surface area contributed by atoms with Gasteiger partial charge in [0.15, 0.2) is 5.78 Å². The zero-order chi connectivity index (χ0) is 19.6. The maximum absolute atomic E-state index is 12.3. The maximum Gasteiger partial charge on any atom is 0.185 e. The highest BCUT2D eigenvalue weighted by atomic mass is 16.5. The molecule has 0 radical (unpaired) electrons. The number of ketones is 1. The summed E-state index contributed by atoms with van der Waals surface area (Å²) in [5.41, 5.74) is 1.71. The molecule has 4 nitrogen and oxygen atoms in total. The van der Waals surface area contributed by atoms with Crippen molar-refractivity contribution < 1.29 is 19.0 Å². The molecular formula is C23H26O4. The molecule has 0 bridgehead atoms. The van der Waals surface area contributed by atoms with Crippen molar-refractivity contribution in [2.24, 2.45) is 5.92 Å². The van der Waals surface area contributed by atoms with Crippen molar-refractivity contribution in [3.8, 4) is 17.2 Å². The van der Waals surface area contributed by atoms with Crippen LogP contribution in [0.4, 0.5) is 0 Å². The predicted molar refractivity (Wildman–Crippen MR) is 108 cm³/mol. The molecule has 0 saturated carbocycles. The normalized spacial score (nSPS) is 11.8. The highest BCUT2D eigenvalue weighted by molar-refractivity contribution is 6.04. The summed E-state index contributed by atoms with van der Waals surface area (Å²) < 4.78 is 16.1. The zero-order valence-electron chi connectivity index (χ0n) is 16.1. The number of carbonyl (C=O) groups excluding carboxylic acids is 1. The van der Waals surface area contributed by atoms with Gasteiger partial charge in [-0.3, -0.25) is 4.79 Å². The van der Waals surface area contributed by atoms with Crippen LogP contribution < -0.4 is 14.2 Å². The minimum atomic E-state index is -0.0289. The van der Waals surface area contributed by atoms with E-state index in [4.69, 9.17) is 14.2 Å². The van der Waals surface area contributed by atoms with Crippen LogP contribution in [0.5, 0.6) is 17.2 Å². The predicted octanol–water partition coefficient (Wildman–Crippen LogP) is 4.89. The van der Waals surface area contributed by atoms with Gasteiger partial charge >= 0.3 is 0 Å². The van der Waals surface area contributed by atoms with Crippen molar-refractivity contribution in [3.05, 3.63) is 78.4 Å². The molecule has 4 heteroatoms. The Labute approximate surface area is 161 Å². The quantitative estimate of drug-likeness (QED) is 0.341. The van der Waals surface area contributed by atoms with Crippen molar-refractivity contribution in [3.63, 3.8) is 0 Å². The first kappa shape index (κ1) is 20.3. The van der Waals surface area contributed by atoms with E-state index in [1.54, 1.807) is 50.6 Å². The van der Waals surface area contributed by atoms with Gasteiger partial charge in [-0.1, -0.05) is 31.7 Å². The third-order valence-corrected chi connectivity index (χ3v) is 4.12. The average Bonchev–Trinajstić information content (AvgIpc) is 2.71. The SMILES string of the molecule is C=CCOc1ccc(C(=O)C=CC(C)Cc2ccc(OC)cc2OC)cc1. The topological polar surface area (TPSA) is 44.8 Å². The van der Waals surface area contributed by atoms with Gasteiger partial charge in [0, 0.05) is 11.6 Å². The molecule has 0 N–H and O–H groups in total. The van der Waals surface area contributed by atoms with Gasteiger partial charge in [-0.2, -0.15) is 0 Å². The van der Waals surface area contributed by atoms with Gasteiger partial charge in [-0.05, 0) is 54.3 Å². The van der Waals surface area contributed by atoms with Crippen molar-refractivity contribution in [1.29, 1.82) is 0 Å². The first-order valence-electron chi connectivity index (χ1n) is 8.84. The summed E-state index contributed by atoms with van der Waals surface area (Å²) >= 11 is 0. The molecule has 142 valence electrons. The number of hydrogen-bond acceptors (Lipinski definition) is 4. The van der Waals surface area contributed by atoms with Crippen LogP contribution in [0.15, 0.2) is 67.3 Å². The van der Waals surface area contributed by atoms with Gasteiger partial charge in [0.1, 0.15) is 23.9 Å². The van der Waals surface area contributed by atoms with E-state index >= 15 is 0 Å². The minimum Gasteiger partial charge on any atom is -0.497 e. The number of carbonyl (C=O) groups is 1. The molecule has 0 aliphatic rings. The van der Waals surface area contributed by atoms with E-state index in [9.17, 15) is 4.79 Å². The van der Waals surface area contributed by atoms with Gasteiger partial charge < -0.3 is 14.2 Å². The van der Waals surface area contributed by atoms with Crippen LogP contribution in [0, 0.1) is 5.92 Å². The van der Waals surface area contributed by atoms with Gasteiger partial charge in [0.05, 0.1) is 14.2 Å². The second kappa shape index (κ2) is 10.2. The monoisotopic (exact) mass is 366 g/mol. The molecule has 1 atom stereocenters. The maximum atomic E-state index is 12.3. The van der Waals surface area contributed by atoms with Crippen LogP contribution in [-0.4, -0.2) is 26.6 Å². The number of rotatable bonds is 10. The van der Waals surface area contributed by atoms with Crippen molar-refractivity contribution in [2.45, 2.75) is 13.3 Å². The summed E-state index contributed by atoms with van der Waals surface area (Å²) in [7, 11) is 3.27. The smallest absolute Gasteiger partial charge is 0.185 e.